The number of hydrogen-bond acceptors (Lipinski definition) is 13. The molecule has 1 aliphatic heterocycles. The number of benzene rings is 2. The molecule has 2 aromatic carbocycles. The van der Waals surface area contributed by atoms with Crippen LogP contribution in [0.15, 0.2) is 67.1 Å². The van der Waals surface area contributed by atoms with Crippen molar-refractivity contribution in [2.24, 2.45) is 17.6 Å². The van der Waals surface area contributed by atoms with Gasteiger partial charge in [0.15, 0.2) is 0 Å². The third-order valence-corrected chi connectivity index (χ3v) is 13.0. The van der Waals surface area contributed by atoms with E-state index in [1.807, 2.05) is 0 Å². The molecule has 0 spiro atoms. The molecule has 72 heavy (non-hydrogen) atoms. The largest absolute Gasteiger partial charge is 0.508 e. The van der Waals surface area contributed by atoms with Crippen LogP contribution < -0.4 is 37.6 Å². The number of rotatable bonds is 28. The number of nitrogens with two attached hydrogens (primary N) is 1. The van der Waals surface area contributed by atoms with Gasteiger partial charge in [-0.25, -0.2) is 9.78 Å². The number of carbonyl (C=O) groups is 9. The number of H-pyrrole nitrogens is 1. The van der Waals surface area contributed by atoms with Crippen LogP contribution in [0, 0.1) is 11.8 Å². The van der Waals surface area contributed by atoms with Crippen LogP contribution in [-0.2, 0) is 62.4 Å². The van der Waals surface area contributed by atoms with Crippen molar-refractivity contribution in [3.8, 4) is 5.75 Å². The first-order valence-corrected chi connectivity index (χ1v) is 25.2. The molecule has 9 atom stereocenters. The van der Waals surface area contributed by atoms with E-state index in [1.165, 1.54) is 41.3 Å². The van der Waals surface area contributed by atoms with Gasteiger partial charge in [-0.3, -0.25) is 38.4 Å². The van der Waals surface area contributed by atoms with E-state index in [0.29, 0.717) is 35.4 Å². The van der Waals surface area contributed by atoms with Crippen LogP contribution in [0.25, 0.3) is 0 Å². The lowest BCUT2D eigenvalue weighted by Gasteiger charge is -2.32. The molecular formula is C49H68N10O12S. The molecule has 1 fully saturated rings. The Morgan fingerprint density at radius 1 is 0.750 bits per heavy atom. The van der Waals surface area contributed by atoms with Gasteiger partial charge in [-0.1, -0.05) is 76.6 Å². The van der Waals surface area contributed by atoms with Gasteiger partial charge >= 0.3 is 11.9 Å². The molecule has 12 N–H and O–H groups in total. The van der Waals surface area contributed by atoms with Crippen LogP contribution in [0.3, 0.4) is 0 Å². The van der Waals surface area contributed by atoms with E-state index in [9.17, 15) is 53.4 Å². The Morgan fingerprint density at radius 2 is 1.35 bits per heavy atom. The number of nitrogens with one attached hydrogen (secondary N) is 7. The summed E-state index contributed by atoms with van der Waals surface area (Å²) in [5.41, 5.74) is 7.41. The van der Waals surface area contributed by atoms with E-state index in [1.54, 1.807) is 76.4 Å². The number of aromatic amines is 1. The van der Waals surface area contributed by atoms with Gasteiger partial charge in [0.25, 0.3) is 0 Å². The minimum absolute atomic E-state index is 0.00666. The van der Waals surface area contributed by atoms with E-state index in [0.717, 1.165) is 0 Å². The maximum atomic E-state index is 14.5. The monoisotopic (exact) mass is 1020 g/mol. The summed E-state index contributed by atoms with van der Waals surface area (Å²) in [7, 11) is 0. The number of aromatic nitrogens is 2. The average Bonchev–Trinajstić information content (AvgIpc) is 4.06. The predicted octanol–water partition coefficient (Wildman–Crippen LogP) is 0.385. The summed E-state index contributed by atoms with van der Waals surface area (Å²) < 4.78 is 0. The zero-order chi connectivity index (χ0) is 53.1. The van der Waals surface area contributed by atoms with Crippen molar-refractivity contribution in [2.45, 2.75) is 127 Å². The maximum Gasteiger partial charge on any atom is 0.326 e. The molecule has 1 aromatic heterocycles. The van der Waals surface area contributed by atoms with Crippen LogP contribution in [-0.4, -0.2) is 150 Å². The zero-order valence-electron chi connectivity index (χ0n) is 41.1. The Hall–Kier alpha value is -7.01. The quantitative estimate of drug-likeness (QED) is 0.0469. The second-order valence-electron chi connectivity index (χ2n) is 18.2. The van der Waals surface area contributed by atoms with Gasteiger partial charge < -0.3 is 62.8 Å². The second-order valence-corrected chi connectivity index (χ2v) is 19.2. The first kappa shape index (κ1) is 57.6. The Balaban J connectivity index is 1.58. The number of imidazole rings is 1. The highest BCUT2D eigenvalue weighted by Gasteiger charge is 2.41. The second kappa shape index (κ2) is 28.1. The van der Waals surface area contributed by atoms with Crippen LogP contribution >= 0.6 is 11.8 Å². The smallest absolute Gasteiger partial charge is 0.326 e. The zero-order valence-corrected chi connectivity index (χ0v) is 41.9. The standard InChI is InChI=1S/C49H68N10O12S/c1-6-28(4)41(47(68)55-36(23-31-25-51-26-52-31)48(69)59-19-10-13-38(59)45(66)56-37(49(70)71)22-29-11-8-7-9-12-29)58-44(65)35(21-30-14-16-32(60)17-15-30)54-46(67)40(27(2)3)57-43(64)34(18-20-72-5)53-42(63)33(50)24-39(61)62/h7-9,11-12,14-17,25-28,33-38,40-41,60H,6,10,13,18-24,50H2,1-5H3,(H,51,52)(H,53,63)(H,54,67)(H,55,68)(H,56,66)(H,57,64)(H,58,65)(H,61,62)(H,70,71)/t28-,33-,34-,35-,36-,37-,38-,40-,41-/m0/s1. The molecule has 1 aliphatic rings. The molecule has 4 rings (SSSR count). The van der Waals surface area contributed by atoms with Gasteiger partial charge in [-0.05, 0) is 66.4 Å². The first-order chi connectivity index (χ1) is 34.2. The van der Waals surface area contributed by atoms with Gasteiger partial charge in [0.05, 0.1) is 18.8 Å². The number of thioether (sulfide) groups is 1. The first-order valence-electron chi connectivity index (χ1n) is 23.8. The number of aromatic hydroxyl groups is 1. The number of likely N-dealkylation sites (tertiary alicyclic amines) is 1. The third-order valence-electron chi connectivity index (χ3n) is 12.4. The summed E-state index contributed by atoms with van der Waals surface area (Å²) in [6.07, 6.45) is 4.87. The molecule has 2 heterocycles. The molecule has 0 radical (unpaired) electrons. The summed E-state index contributed by atoms with van der Waals surface area (Å²) in [5.74, 6) is -8.61. The molecule has 0 bridgehead atoms. The van der Waals surface area contributed by atoms with E-state index < -0.39 is 120 Å². The van der Waals surface area contributed by atoms with Crippen molar-refractivity contribution in [3.63, 3.8) is 0 Å². The fourth-order valence-corrected chi connectivity index (χ4v) is 8.52. The number of phenols is 1. The van der Waals surface area contributed by atoms with E-state index in [4.69, 9.17) is 10.8 Å². The Morgan fingerprint density at radius 3 is 1.94 bits per heavy atom. The molecule has 7 amide bonds. The molecule has 22 nitrogen and oxygen atoms in total. The van der Waals surface area contributed by atoms with E-state index >= 15 is 0 Å². The van der Waals surface area contributed by atoms with Crippen molar-refractivity contribution in [3.05, 3.63) is 83.9 Å². The summed E-state index contributed by atoms with van der Waals surface area (Å²) >= 11 is 1.38. The van der Waals surface area contributed by atoms with Crippen LogP contribution in [0.5, 0.6) is 5.75 Å². The molecule has 392 valence electrons. The molecule has 3 aromatic rings. The number of carboxylic acid groups (broad SMARTS) is 2. The lowest BCUT2D eigenvalue weighted by molar-refractivity contribution is -0.145. The van der Waals surface area contributed by atoms with Gasteiger partial charge in [0.1, 0.15) is 48.0 Å². The highest BCUT2D eigenvalue weighted by atomic mass is 32.2. The fourth-order valence-electron chi connectivity index (χ4n) is 8.05. The SMILES string of the molecule is CC[C@H](C)[C@H](NC(=O)[C@H](Cc1ccc(O)cc1)NC(=O)[C@@H](NC(=O)[C@H](CCSC)NC(=O)[C@@H](N)CC(=O)O)C(C)C)C(=O)N[C@@H](Cc1cnc[nH]1)C(=O)N1CCC[C@H]1C(=O)N[C@@H](Cc1ccccc1)C(=O)O. The van der Waals surface area contributed by atoms with Gasteiger partial charge in [0, 0.05) is 37.7 Å². The summed E-state index contributed by atoms with van der Waals surface area (Å²) in [4.78, 5) is 130. The van der Waals surface area contributed by atoms with E-state index in [2.05, 4.69) is 41.9 Å². The van der Waals surface area contributed by atoms with Crippen LogP contribution in [0.1, 0.15) is 76.6 Å². The van der Waals surface area contributed by atoms with Gasteiger partial charge in [-0.2, -0.15) is 11.8 Å². The van der Waals surface area contributed by atoms with Gasteiger partial charge in [-0.15, -0.1) is 0 Å². The summed E-state index contributed by atoms with van der Waals surface area (Å²) in [6, 6.07) is 4.42. The van der Waals surface area contributed by atoms with Crippen molar-refractivity contribution in [1.29, 1.82) is 0 Å². The van der Waals surface area contributed by atoms with Crippen LogP contribution in [0.2, 0.25) is 0 Å². The van der Waals surface area contributed by atoms with Crippen molar-refractivity contribution in [2.75, 3.05) is 18.6 Å². The molecule has 0 unspecified atom stereocenters. The normalized spacial score (nSPS) is 16.7. The Kier molecular flexibility index (Phi) is 22.5. The minimum Gasteiger partial charge on any atom is -0.508 e. The fraction of sp³-hybridized carbons (Fsp3) is 0.510. The maximum absolute atomic E-state index is 14.5. The number of nitrogens with zero attached hydrogens (tertiary/aromatic N) is 2. The lowest BCUT2D eigenvalue weighted by Crippen LogP contribution is -2.62. The van der Waals surface area contributed by atoms with Crippen LogP contribution in [0.4, 0.5) is 0 Å². The third kappa shape index (κ3) is 17.4. The molecule has 1 saturated heterocycles. The Labute approximate surface area is 422 Å². The number of aliphatic carboxylic acids is 2. The van der Waals surface area contributed by atoms with Crippen molar-refractivity contribution < 1.29 is 58.5 Å². The van der Waals surface area contributed by atoms with Crippen molar-refractivity contribution in [1.82, 2.24) is 46.8 Å². The Bertz CT molecular complexity index is 2320. The summed E-state index contributed by atoms with van der Waals surface area (Å²) in [6.45, 7) is 6.94. The number of phenolic OH excluding ortho intramolecular Hbond substituents is 1. The van der Waals surface area contributed by atoms with Gasteiger partial charge in [0.2, 0.25) is 41.4 Å². The number of carbonyl (C=O) groups excluding carboxylic acids is 7. The summed E-state index contributed by atoms with van der Waals surface area (Å²) in [5, 5.41) is 45.2. The molecule has 0 saturated carbocycles. The highest BCUT2D eigenvalue weighted by Crippen LogP contribution is 2.21. The lowest BCUT2D eigenvalue weighted by atomic mass is 9.96. The number of amides is 7. The number of hydrogen-bond donors (Lipinski definition) is 11. The predicted molar refractivity (Wildman–Crippen MR) is 266 cm³/mol. The average molecular weight is 1020 g/mol. The molecule has 0 aliphatic carbocycles. The topological polar surface area (TPSA) is 344 Å². The van der Waals surface area contributed by atoms with Crippen molar-refractivity contribution >= 4 is 65.1 Å². The highest BCUT2D eigenvalue weighted by molar-refractivity contribution is 7.98. The minimum atomic E-state index is -1.44. The molecular weight excluding hydrogens is 953 g/mol. The number of carboxylic acids is 2. The van der Waals surface area contributed by atoms with E-state index in [-0.39, 0.29) is 44.4 Å². The molecule has 23 heteroatoms.